The lowest BCUT2D eigenvalue weighted by molar-refractivity contribution is 0.0618. The molecule has 1 heterocycles. The van der Waals surface area contributed by atoms with Crippen molar-refractivity contribution in [1.82, 2.24) is 9.62 Å². The second-order valence-corrected chi connectivity index (χ2v) is 9.45. The summed E-state index contributed by atoms with van der Waals surface area (Å²) in [6.07, 6.45) is 3.69. The first kappa shape index (κ1) is 22.0. The quantitative estimate of drug-likeness (QED) is 0.738. The zero-order valence-corrected chi connectivity index (χ0v) is 18.0. The van der Waals surface area contributed by atoms with Crippen molar-refractivity contribution in [2.75, 3.05) is 24.7 Å². The third-order valence-corrected chi connectivity index (χ3v) is 5.93. The molecule has 3 rings (SSSR count). The fraction of sp³-hybridized carbons (Fsp3) is 0.364. The Balaban J connectivity index is 1.78. The summed E-state index contributed by atoms with van der Waals surface area (Å²) in [4.78, 5) is 27.4. The van der Waals surface area contributed by atoms with E-state index in [4.69, 9.17) is 0 Å². The number of aryl methyl sites for hydroxylation is 1. The highest BCUT2D eigenvalue weighted by molar-refractivity contribution is 7.88. The smallest absolute Gasteiger partial charge is 0.255 e. The molecule has 2 aromatic rings. The SMILES string of the molecule is Cc1ccc(C(=O)N2CCCCC2CNS(C)(=O)=O)cc1NC(=O)c1ccccc1. The molecule has 1 fully saturated rings. The molecule has 1 aliphatic rings. The minimum Gasteiger partial charge on any atom is -0.334 e. The van der Waals surface area contributed by atoms with Crippen molar-refractivity contribution in [3.8, 4) is 0 Å². The van der Waals surface area contributed by atoms with Gasteiger partial charge in [0.15, 0.2) is 0 Å². The zero-order chi connectivity index (χ0) is 21.7. The molecule has 1 saturated heterocycles. The highest BCUT2D eigenvalue weighted by atomic mass is 32.2. The first-order valence-electron chi connectivity index (χ1n) is 9.97. The maximum Gasteiger partial charge on any atom is 0.255 e. The molecule has 2 aromatic carbocycles. The van der Waals surface area contributed by atoms with Crippen LogP contribution in [0, 0.1) is 6.92 Å². The average Bonchev–Trinajstić information content (AvgIpc) is 2.73. The fourth-order valence-electron chi connectivity index (χ4n) is 3.57. The number of amides is 2. The highest BCUT2D eigenvalue weighted by Crippen LogP contribution is 2.23. The Morgan fingerprint density at radius 1 is 1.07 bits per heavy atom. The molecule has 7 nitrogen and oxygen atoms in total. The molecule has 1 aliphatic heterocycles. The number of rotatable bonds is 6. The van der Waals surface area contributed by atoms with Gasteiger partial charge in [-0.15, -0.1) is 0 Å². The van der Waals surface area contributed by atoms with Crippen LogP contribution < -0.4 is 10.0 Å². The number of anilines is 1. The number of piperidine rings is 1. The summed E-state index contributed by atoms with van der Waals surface area (Å²) in [5.74, 6) is -0.401. The van der Waals surface area contributed by atoms with Crippen molar-refractivity contribution >= 4 is 27.5 Å². The molecule has 0 radical (unpaired) electrons. The van der Waals surface area contributed by atoms with Crippen LogP contribution in [0.2, 0.25) is 0 Å². The third kappa shape index (κ3) is 5.67. The molecule has 2 N–H and O–H groups in total. The molecule has 160 valence electrons. The number of nitrogens with zero attached hydrogens (tertiary/aromatic N) is 1. The van der Waals surface area contributed by atoms with Crippen molar-refractivity contribution in [3.63, 3.8) is 0 Å². The highest BCUT2D eigenvalue weighted by Gasteiger charge is 2.28. The molecular formula is C22H27N3O4S. The van der Waals surface area contributed by atoms with Crippen LogP contribution in [0.25, 0.3) is 0 Å². The van der Waals surface area contributed by atoms with Gasteiger partial charge < -0.3 is 10.2 Å². The summed E-state index contributed by atoms with van der Waals surface area (Å²) in [7, 11) is -3.32. The van der Waals surface area contributed by atoms with Crippen LogP contribution in [-0.2, 0) is 10.0 Å². The molecule has 0 saturated carbocycles. The Kier molecular flexibility index (Phi) is 6.89. The second kappa shape index (κ2) is 9.40. The third-order valence-electron chi connectivity index (χ3n) is 5.24. The first-order chi connectivity index (χ1) is 14.2. The van der Waals surface area contributed by atoms with E-state index < -0.39 is 10.0 Å². The standard InChI is InChI=1S/C22H27N3O4S/c1-16-11-12-18(14-20(16)24-21(26)17-8-4-3-5-9-17)22(27)25-13-7-6-10-19(25)15-23-30(2,28)29/h3-5,8-9,11-12,14,19,23H,6-7,10,13,15H2,1-2H3,(H,24,26). The van der Waals surface area contributed by atoms with E-state index in [1.54, 1.807) is 41.3 Å². The van der Waals surface area contributed by atoms with Crippen LogP contribution in [0.5, 0.6) is 0 Å². The van der Waals surface area contributed by atoms with E-state index in [-0.39, 0.29) is 24.4 Å². The van der Waals surface area contributed by atoms with Crippen LogP contribution in [0.15, 0.2) is 48.5 Å². The number of hydrogen-bond acceptors (Lipinski definition) is 4. The number of likely N-dealkylation sites (tertiary alicyclic amines) is 1. The van der Waals surface area contributed by atoms with Gasteiger partial charge in [-0.25, -0.2) is 13.1 Å². The normalized spacial score (nSPS) is 16.9. The number of sulfonamides is 1. The molecule has 2 amide bonds. The van der Waals surface area contributed by atoms with Crippen LogP contribution in [-0.4, -0.2) is 50.5 Å². The molecule has 1 unspecified atom stereocenters. The number of carbonyl (C=O) groups is 2. The van der Waals surface area contributed by atoms with E-state index in [0.29, 0.717) is 23.4 Å². The van der Waals surface area contributed by atoms with Crippen molar-refractivity contribution in [2.24, 2.45) is 0 Å². The summed E-state index contributed by atoms with van der Waals surface area (Å²) in [6, 6.07) is 13.9. The molecular weight excluding hydrogens is 402 g/mol. The fourth-order valence-corrected chi connectivity index (χ4v) is 4.06. The Morgan fingerprint density at radius 3 is 2.50 bits per heavy atom. The largest absolute Gasteiger partial charge is 0.334 e. The number of nitrogens with one attached hydrogen (secondary N) is 2. The molecule has 0 bridgehead atoms. The maximum absolute atomic E-state index is 13.2. The molecule has 0 aromatic heterocycles. The molecule has 8 heteroatoms. The minimum absolute atomic E-state index is 0.162. The summed E-state index contributed by atoms with van der Waals surface area (Å²) in [6.45, 7) is 2.65. The lowest BCUT2D eigenvalue weighted by atomic mass is 10.00. The van der Waals surface area contributed by atoms with Crippen LogP contribution in [0.4, 0.5) is 5.69 Å². The van der Waals surface area contributed by atoms with Crippen molar-refractivity contribution in [3.05, 3.63) is 65.2 Å². The predicted molar refractivity (Wildman–Crippen MR) is 117 cm³/mol. The van der Waals surface area contributed by atoms with Gasteiger partial charge in [0.2, 0.25) is 10.0 Å². The van der Waals surface area contributed by atoms with Crippen molar-refractivity contribution < 1.29 is 18.0 Å². The number of benzene rings is 2. The Morgan fingerprint density at radius 2 is 1.80 bits per heavy atom. The summed E-state index contributed by atoms with van der Waals surface area (Å²) in [5.41, 5.74) is 2.44. The molecule has 30 heavy (non-hydrogen) atoms. The van der Waals surface area contributed by atoms with Gasteiger partial charge in [-0.3, -0.25) is 9.59 Å². The van der Waals surface area contributed by atoms with Crippen LogP contribution >= 0.6 is 0 Å². The van der Waals surface area contributed by atoms with E-state index >= 15 is 0 Å². The Hall–Kier alpha value is -2.71. The van der Waals surface area contributed by atoms with Crippen molar-refractivity contribution in [1.29, 1.82) is 0 Å². The van der Waals surface area contributed by atoms with E-state index in [1.165, 1.54) is 0 Å². The molecule has 1 atom stereocenters. The van der Waals surface area contributed by atoms with Crippen molar-refractivity contribution in [2.45, 2.75) is 32.2 Å². The predicted octanol–water partition coefficient (Wildman–Crippen LogP) is 2.79. The van der Waals surface area contributed by atoms with E-state index in [9.17, 15) is 18.0 Å². The van der Waals surface area contributed by atoms with E-state index in [1.807, 2.05) is 19.1 Å². The monoisotopic (exact) mass is 429 g/mol. The minimum atomic E-state index is -3.32. The van der Waals surface area contributed by atoms with Crippen LogP contribution in [0.1, 0.15) is 45.5 Å². The van der Waals surface area contributed by atoms with Gasteiger partial charge in [-0.1, -0.05) is 24.3 Å². The number of carbonyl (C=O) groups excluding carboxylic acids is 2. The summed E-state index contributed by atoms with van der Waals surface area (Å²) < 4.78 is 25.4. The van der Waals surface area contributed by atoms with Gasteiger partial charge >= 0.3 is 0 Å². The number of hydrogen-bond donors (Lipinski definition) is 2. The van der Waals surface area contributed by atoms with Crippen LogP contribution in [0.3, 0.4) is 0 Å². The summed E-state index contributed by atoms with van der Waals surface area (Å²) in [5, 5.41) is 2.88. The van der Waals surface area contributed by atoms with Gasteiger partial charge in [0.1, 0.15) is 0 Å². The van der Waals surface area contributed by atoms with Gasteiger partial charge in [0.25, 0.3) is 11.8 Å². The Bertz CT molecular complexity index is 1020. The lowest BCUT2D eigenvalue weighted by Crippen LogP contribution is -2.49. The molecule has 0 aliphatic carbocycles. The average molecular weight is 430 g/mol. The van der Waals surface area contributed by atoms with Gasteiger partial charge in [0, 0.05) is 35.9 Å². The van der Waals surface area contributed by atoms with Gasteiger partial charge in [-0.2, -0.15) is 0 Å². The van der Waals surface area contributed by atoms with E-state index in [2.05, 4.69) is 10.0 Å². The summed E-state index contributed by atoms with van der Waals surface area (Å²) >= 11 is 0. The molecule has 0 spiro atoms. The Labute approximate surface area is 177 Å². The first-order valence-corrected chi connectivity index (χ1v) is 11.9. The maximum atomic E-state index is 13.2. The van der Waals surface area contributed by atoms with E-state index in [0.717, 1.165) is 31.1 Å². The zero-order valence-electron chi connectivity index (χ0n) is 17.2. The lowest BCUT2D eigenvalue weighted by Gasteiger charge is -2.36. The second-order valence-electron chi connectivity index (χ2n) is 7.62. The topological polar surface area (TPSA) is 95.6 Å². The van der Waals surface area contributed by atoms with Gasteiger partial charge in [0.05, 0.1) is 6.26 Å². The van der Waals surface area contributed by atoms with Gasteiger partial charge in [-0.05, 0) is 56.0 Å².